The van der Waals surface area contributed by atoms with Crippen LogP contribution in [0.3, 0.4) is 0 Å². The molecule has 2 N–H and O–H groups in total. The molecule has 0 fully saturated rings. The van der Waals surface area contributed by atoms with Crippen molar-refractivity contribution in [3.8, 4) is 5.75 Å². The van der Waals surface area contributed by atoms with Crippen LogP contribution in [-0.4, -0.2) is 17.5 Å². The molecule has 0 saturated carbocycles. The average Bonchev–Trinajstić information content (AvgIpc) is 2.96. The largest absolute Gasteiger partial charge is 0.491 e. The molecule has 6 heteroatoms. The Labute approximate surface area is 127 Å². The van der Waals surface area contributed by atoms with Crippen LogP contribution in [0.15, 0.2) is 52.1 Å². The van der Waals surface area contributed by atoms with Gasteiger partial charge in [0, 0.05) is 5.75 Å². The highest BCUT2D eigenvalue weighted by molar-refractivity contribution is 8.13. The molecular formula is C14H15ClN2O2S. The van der Waals surface area contributed by atoms with Gasteiger partial charge in [-0.2, -0.15) is 0 Å². The molecule has 1 aromatic carbocycles. The third kappa shape index (κ3) is 4.83. The van der Waals surface area contributed by atoms with Crippen LogP contribution in [0.5, 0.6) is 5.75 Å². The Balaban J connectivity index is 1.68. The summed E-state index contributed by atoms with van der Waals surface area (Å²) >= 11 is 7.42. The van der Waals surface area contributed by atoms with Crippen LogP contribution >= 0.6 is 23.4 Å². The number of thioether (sulfide) groups is 1. The maximum absolute atomic E-state index is 5.98. The maximum atomic E-state index is 5.98. The summed E-state index contributed by atoms with van der Waals surface area (Å²) in [6, 6.07) is 11.1. The van der Waals surface area contributed by atoms with Gasteiger partial charge in [-0.25, -0.2) is 0 Å². The highest BCUT2D eigenvalue weighted by Crippen LogP contribution is 2.23. The third-order valence-electron chi connectivity index (χ3n) is 2.40. The number of para-hydroxylation sites is 1. The van der Waals surface area contributed by atoms with Gasteiger partial charge < -0.3 is 14.9 Å². The monoisotopic (exact) mass is 310 g/mol. The molecule has 106 valence electrons. The van der Waals surface area contributed by atoms with Gasteiger partial charge in [0.25, 0.3) is 0 Å². The smallest absolute Gasteiger partial charge is 0.154 e. The Kier molecular flexibility index (Phi) is 5.83. The molecule has 0 spiro atoms. The molecule has 20 heavy (non-hydrogen) atoms. The highest BCUT2D eigenvalue weighted by Gasteiger charge is 2.00. The molecule has 0 radical (unpaired) electrons. The van der Waals surface area contributed by atoms with Crippen LogP contribution in [-0.2, 0) is 6.54 Å². The summed E-state index contributed by atoms with van der Waals surface area (Å²) in [5.41, 5.74) is 5.79. The van der Waals surface area contributed by atoms with Crippen LogP contribution in [0.1, 0.15) is 5.76 Å². The highest BCUT2D eigenvalue weighted by atomic mass is 35.5. The Morgan fingerprint density at radius 3 is 2.90 bits per heavy atom. The van der Waals surface area contributed by atoms with Crippen molar-refractivity contribution in [3.63, 3.8) is 0 Å². The lowest BCUT2D eigenvalue weighted by Crippen LogP contribution is -2.11. The van der Waals surface area contributed by atoms with Gasteiger partial charge >= 0.3 is 0 Å². The van der Waals surface area contributed by atoms with E-state index in [1.807, 2.05) is 30.3 Å². The number of aliphatic imine (C=N–C) groups is 1. The van der Waals surface area contributed by atoms with E-state index < -0.39 is 0 Å². The lowest BCUT2D eigenvalue weighted by atomic mass is 10.3. The zero-order chi connectivity index (χ0) is 14.2. The van der Waals surface area contributed by atoms with E-state index in [1.165, 1.54) is 11.8 Å². The minimum Gasteiger partial charge on any atom is -0.491 e. The number of nitrogens with two attached hydrogens (primary N) is 1. The summed E-state index contributed by atoms with van der Waals surface area (Å²) in [5, 5.41) is 1.13. The minimum atomic E-state index is 0.456. The lowest BCUT2D eigenvalue weighted by Gasteiger charge is -2.07. The third-order valence-corrected chi connectivity index (χ3v) is 3.51. The van der Waals surface area contributed by atoms with Crippen molar-refractivity contribution in [1.82, 2.24) is 0 Å². The molecule has 1 heterocycles. The van der Waals surface area contributed by atoms with E-state index in [9.17, 15) is 0 Å². The van der Waals surface area contributed by atoms with E-state index in [-0.39, 0.29) is 0 Å². The normalized spacial score (nSPS) is 11.6. The molecule has 2 aromatic rings. The quantitative estimate of drug-likeness (QED) is 0.503. The molecule has 0 aliphatic carbocycles. The van der Waals surface area contributed by atoms with Gasteiger partial charge in [-0.05, 0) is 24.3 Å². The van der Waals surface area contributed by atoms with Gasteiger partial charge in [0.1, 0.15) is 11.5 Å². The van der Waals surface area contributed by atoms with Gasteiger partial charge in [0.15, 0.2) is 5.17 Å². The summed E-state index contributed by atoms with van der Waals surface area (Å²) < 4.78 is 10.7. The van der Waals surface area contributed by atoms with Crippen LogP contribution < -0.4 is 10.5 Å². The number of furan rings is 1. The molecule has 0 amide bonds. The molecule has 0 bridgehead atoms. The van der Waals surface area contributed by atoms with Gasteiger partial charge in [-0.3, -0.25) is 4.99 Å². The number of benzene rings is 1. The fourth-order valence-electron chi connectivity index (χ4n) is 1.46. The number of amidine groups is 1. The topological polar surface area (TPSA) is 60.8 Å². The second-order valence-electron chi connectivity index (χ2n) is 3.86. The summed E-state index contributed by atoms with van der Waals surface area (Å²) in [5.74, 6) is 2.18. The van der Waals surface area contributed by atoms with Crippen molar-refractivity contribution in [2.75, 3.05) is 12.4 Å². The Morgan fingerprint density at radius 1 is 1.30 bits per heavy atom. The zero-order valence-corrected chi connectivity index (χ0v) is 12.4. The van der Waals surface area contributed by atoms with E-state index in [0.29, 0.717) is 34.8 Å². The van der Waals surface area contributed by atoms with E-state index in [4.69, 9.17) is 26.5 Å². The van der Waals surface area contributed by atoms with E-state index in [0.717, 1.165) is 5.76 Å². The summed E-state index contributed by atoms with van der Waals surface area (Å²) in [4.78, 5) is 4.21. The van der Waals surface area contributed by atoms with E-state index >= 15 is 0 Å². The number of hydrogen-bond donors (Lipinski definition) is 1. The fraction of sp³-hybridized carbons (Fsp3) is 0.214. The molecule has 0 saturated heterocycles. The summed E-state index contributed by atoms with van der Waals surface area (Å²) in [6.07, 6.45) is 1.62. The predicted octanol–water partition coefficient (Wildman–Crippen LogP) is 3.56. The average molecular weight is 311 g/mol. The number of halogens is 1. The number of ether oxygens (including phenoxy) is 1. The molecule has 4 nitrogen and oxygen atoms in total. The van der Waals surface area contributed by atoms with Crippen LogP contribution in [0.25, 0.3) is 0 Å². The Bertz CT molecular complexity index is 558. The Morgan fingerprint density at radius 2 is 2.15 bits per heavy atom. The fourth-order valence-corrected chi connectivity index (χ4v) is 2.19. The standard InChI is InChI=1S/C14H15ClN2O2S/c15-12-5-1-2-6-13(12)19-8-9-20-14(16)17-10-11-4-3-7-18-11/h1-7H,8-10H2,(H2,16,17). The molecule has 0 unspecified atom stereocenters. The second-order valence-corrected chi connectivity index (χ2v) is 5.38. The van der Waals surface area contributed by atoms with Crippen molar-refractivity contribution in [1.29, 1.82) is 0 Å². The minimum absolute atomic E-state index is 0.456. The van der Waals surface area contributed by atoms with Gasteiger partial charge in [-0.1, -0.05) is 35.5 Å². The van der Waals surface area contributed by atoms with Crippen molar-refractivity contribution < 1.29 is 9.15 Å². The first kappa shape index (κ1) is 14.8. The van der Waals surface area contributed by atoms with E-state index in [2.05, 4.69) is 4.99 Å². The van der Waals surface area contributed by atoms with Crippen molar-refractivity contribution in [2.45, 2.75) is 6.54 Å². The number of rotatable bonds is 6. The number of hydrogen-bond acceptors (Lipinski definition) is 4. The van der Waals surface area contributed by atoms with Crippen LogP contribution in [0, 0.1) is 0 Å². The lowest BCUT2D eigenvalue weighted by molar-refractivity contribution is 0.344. The van der Waals surface area contributed by atoms with Gasteiger partial charge in [-0.15, -0.1) is 0 Å². The zero-order valence-electron chi connectivity index (χ0n) is 10.8. The van der Waals surface area contributed by atoms with Crippen LogP contribution in [0.2, 0.25) is 5.02 Å². The molecule has 0 aliphatic heterocycles. The van der Waals surface area contributed by atoms with Crippen molar-refractivity contribution in [2.24, 2.45) is 10.7 Å². The molecular weight excluding hydrogens is 296 g/mol. The van der Waals surface area contributed by atoms with Gasteiger partial charge in [0.2, 0.25) is 0 Å². The summed E-state index contributed by atoms with van der Waals surface area (Å²) in [7, 11) is 0. The van der Waals surface area contributed by atoms with E-state index in [1.54, 1.807) is 12.3 Å². The van der Waals surface area contributed by atoms with Crippen molar-refractivity contribution >= 4 is 28.5 Å². The molecule has 1 aromatic heterocycles. The van der Waals surface area contributed by atoms with Crippen LogP contribution in [0.4, 0.5) is 0 Å². The van der Waals surface area contributed by atoms with Crippen molar-refractivity contribution in [3.05, 3.63) is 53.4 Å². The number of nitrogens with zero attached hydrogens (tertiary/aromatic N) is 1. The first-order valence-electron chi connectivity index (χ1n) is 6.08. The SMILES string of the molecule is NC(=NCc1ccco1)SCCOc1ccccc1Cl. The summed E-state index contributed by atoms with van der Waals surface area (Å²) in [6.45, 7) is 0.975. The second kappa shape index (κ2) is 7.87. The molecule has 0 atom stereocenters. The maximum Gasteiger partial charge on any atom is 0.154 e. The molecule has 0 aliphatic rings. The Hall–Kier alpha value is -1.59. The predicted molar refractivity (Wildman–Crippen MR) is 83.4 cm³/mol. The molecule has 2 rings (SSSR count). The first-order chi connectivity index (χ1) is 9.75. The first-order valence-corrected chi connectivity index (χ1v) is 7.44. The van der Waals surface area contributed by atoms with Gasteiger partial charge in [0.05, 0.1) is 24.4 Å².